The fourth-order valence-corrected chi connectivity index (χ4v) is 12.1. The molecule has 2 bridgehead atoms. The van der Waals surface area contributed by atoms with Crippen LogP contribution in [-0.2, 0) is 28.9 Å². The monoisotopic (exact) mass is 705 g/mol. The molecule has 11 heteroatoms. The van der Waals surface area contributed by atoms with Crippen LogP contribution in [0.5, 0.6) is 0 Å². The quantitative estimate of drug-likeness (QED) is 0.268. The summed E-state index contributed by atoms with van der Waals surface area (Å²) >= 11 is 0. The van der Waals surface area contributed by atoms with Crippen molar-refractivity contribution in [1.29, 1.82) is 0 Å². The lowest BCUT2D eigenvalue weighted by molar-refractivity contribution is -0.199. The Morgan fingerprint density at radius 3 is 2.46 bits per heavy atom. The summed E-state index contributed by atoms with van der Waals surface area (Å²) in [4.78, 5) is 31.1. The van der Waals surface area contributed by atoms with Crippen LogP contribution in [0.4, 0.5) is 0 Å². The average Bonchev–Trinajstić information content (AvgIpc) is 3.62. The van der Waals surface area contributed by atoms with Gasteiger partial charge >= 0.3 is 7.12 Å². The lowest BCUT2D eigenvalue weighted by Gasteiger charge is -2.64. The average molecular weight is 706 g/mol. The minimum atomic E-state index is -4.09. The second kappa shape index (κ2) is 13.2. The van der Waals surface area contributed by atoms with Crippen LogP contribution in [0.2, 0.25) is 0 Å². The van der Waals surface area contributed by atoms with Crippen molar-refractivity contribution < 1.29 is 27.3 Å². The maximum absolute atomic E-state index is 14.7. The third-order valence-electron chi connectivity index (χ3n) is 13.8. The van der Waals surface area contributed by atoms with Gasteiger partial charge in [-0.3, -0.25) is 9.59 Å². The molecule has 50 heavy (non-hydrogen) atoms. The zero-order chi connectivity index (χ0) is 35.6. The molecule has 6 aliphatic rings. The van der Waals surface area contributed by atoms with Crippen molar-refractivity contribution in [3.05, 3.63) is 42.5 Å². The summed E-state index contributed by atoms with van der Waals surface area (Å²) in [6, 6.07) is 11.9. The lowest BCUT2D eigenvalue weighted by Crippen LogP contribution is -2.65. The molecule has 0 radical (unpaired) electrons. The fourth-order valence-electron chi connectivity index (χ4n) is 10.4. The van der Waals surface area contributed by atoms with Crippen LogP contribution < -0.4 is 10.0 Å². The highest BCUT2D eigenvalue weighted by molar-refractivity contribution is 7.89. The van der Waals surface area contributed by atoms with Gasteiger partial charge in [-0.05, 0) is 79.6 Å². The Bertz CT molecular complexity index is 1720. The van der Waals surface area contributed by atoms with E-state index in [1.807, 2.05) is 45.0 Å². The van der Waals surface area contributed by atoms with Crippen LogP contribution in [0.15, 0.2) is 47.4 Å². The van der Waals surface area contributed by atoms with Crippen LogP contribution in [0.3, 0.4) is 0 Å². The van der Waals surface area contributed by atoms with E-state index < -0.39 is 28.7 Å². The largest absolute Gasteiger partial charge is 0.481 e. The molecule has 2 aliphatic heterocycles. The smallest absolute Gasteiger partial charge is 0.404 e. The molecular formula is C39H56BN3O6S. The summed E-state index contributed by atoms with van der Waals surface area (Å²) in [5.41, 5.74) is -1.54. The Balaban J connectivity index is 1.13. The van der Waals surface area contributed by atoms with Crippen molar-refractivity contribution in [3.63, 3.8) is 0 Å². The molecule has 272 valence electrons. The van der Waals surface area contributed by atoms with E-state index in [-0.39, 0.29) is 52.1 Å². The van der Waals surface area contributed by atoms with Crippen LogP contribution in [-0.4, -0.2) is 68.0 Å². The molecule has 2 aromatic rings. The number of carbonyl (C=O) groups is 2. The van der Waals surface area contributed by atoms with Gasteiger partial charge in [-0.2, -0.15) is 4.72 Å². The molecule has 0 aromatic heterocycles. The van der Waals surface area contributed by atoms with Gasteiger partial charge in [0.1, 0.15) is 11.6 Å². The molecule has 2 aromatic carbocycles. The molecule has 2 unspecified atom stereocenters. The molecule has 2 heterocycles. The van der Waals surface area contributed by atoms with E-state index in [0.29, 0.717) is 42.5 Å². The van der Waals surface area contributed by atoms with E-state index >= 15 is 0 Å². The topological polar surface area (TPSA) is 114 Å². The van der Waals surface area contributed by atoms with Gasteiger partial charge in [0.25, 0.3) is 0 Å². The number of rotatable bonds is 11. The van der Waals surface area contributed by atoms with E-state index in [4.69, 9.17) is 9.31 Å². The van der Waals surface area contributed by atoms with Gasteiger partial charge in [0.2, 0.25) is 21.8 Å². The minimum absolute atomic E-state index is 0.00911. The summed E-state index contributed by atoms with van der Waals surface area (Å²) in [5.74, 6) is 0.132. The molecule has 0 spiro atoms. The van der Waals surface area contributed by atoms with Gasteiger partial charge in [0.15, 0.2) is 0 Å². The molecule has 6 fully saturated rings. The van der Waals surface area contributed by atoms with Gasteiger partial charge in [0.05, 0.1) is 22.5 Å². The first kappa shape index (κ1) is 35.9. The van der Waals surface area contributed by atoms with Crippen molar-refractivity contribution in [2.75, 3.05) is 6.54 Å². The molecule has 2 amide bonds. The van der Waals surface area contributed by atoms with Crippen molar-refractivity contribution in [1.82, 2.24) is 14.9 Å². The third kappa shape index (κ3) is 5.92. The maximum atomic E-state index is 14.7. The van der Waals surface area contributed by atoms with Crippen molar-refractivity contribution in [3.8, 4) is 0 Å². The molecule has 2 N–H and O–H groups in total. The summed E-state index contributed by atoms with van der Waals surface area (Å²) < 4.78 is 44.5. The summed E-state index contributed by atoms with van der Waals surface area (Å²) in [6.07, 6.45) is 9.09. The number of fused-ring (bicyclic) bond motifs is 1. The second-order valence-electron chi connectivity index (χ2n) is 17.1. The first-order valence-electron chi connectivity index (χ1n) is 19.2. The van der Waals surface area contributed by atoms with E-state index in [1.54, 1.807) is 23.1 Å². The van der Waals surface area contributed by atoms with Crippen molar-refractivity contribution >= 4 is 39.7 Å². The van der Waals surface area contributed by atoms with Gasteiger partial charge in [-0.15, -0.1) is 0 Å². The molecule has 9 nitrogen and oxygen atoms in total. The number of nitrogens with one attached hydrogen (secondary N) is 2. The lowest BCUT2D eigenvalue weighted by atomic mass is 9.43. The van der Waals surface area contributed by atoms with Gasteiger partial charge in [-0.1, -0.05) is 103 Å². The van der Waals surface area contributed by atoms with Gasteiger partial charge in [0, 0.05) is 11.9 Å². The van der Waals surface area contributed by atoms with E-state index in [0.717, 1.165) is 43.9 Å². The summed E-state index contributed by atoms with van der Waals surface area (Å²) in [5, 5.41) is 4.72. The van der Waals surface area contributed by atoms with E-state index in [2.05, 4.69) is 30.8 Å². The number of carbonyl (C=O) groups excluding carboxylic acids is 2. The fraction of sp³-hybridized carbons (Fsp3) is 0.692. The first-order chi connectivity index (χ1) is 23.7. The van der Waals surface area contributed by atoms with Crippen LogP contribution in [0, 0.1) is 29.1 Å². The number of sulfonamides is 1. The zero-order valence-corrected chi connectivity index (χ0v) is 31.6. The number of amides is 2. The molecule has 4 aliphatic carbocycles. The first-order valence-corrected chi connectivity index (χ1v) is 20.7. The number of nitrogens with zero attached hydrogens (tertiary/aromatic N) is 1. The van der Waals surface area contributed by atoms with Gasteiger partial charge < -0.3 is 19.5 Å². The molecule has 8 rings (SSSR count). The molecular weight excluding hydrogens is 649 g/mol. The molecule has 2 saturated heterocycles. The SMILES string of the molecule is CC[C@H](NC(=O)[C@@H](CC1CCCCC1)N1CCC(NS(=O)(=O)c2cccc3ccccc23)(C(C)C)C1=O)B1OC2C[C@H]3C[C@H](C3(C)C)[C@]2(C)O1. The molecule has 7 atom stereocenters. The third-order valence-corrected chi connectivity index (χ3v) is 15.3. The Morgan fingerprint density at radius 2 is 1.76 bits per heavy atom. The molecule has 4 saturated carbocycles. The van der Waals surface area contributed by atoms with Crippen LogP contribution in [0.25, 0.3) is 10.8 Å². The van der Waals surface area contributed by atoms with Crippen LogP contribution >= 0.6 is 0 Å². The minimum Gasteiger partial charge on any atom is -0.404 e. The number of hydrogen-bond acceptors (Lipinski definition) is 6. The van der Waals surface area contributed by atoms with Gasteiger partial charge in [-0.25, -0.2) is 8.42 Å². The standard InChI is InChI=1S/C39H56BN3O6S/c1-7-34(40-48-33-24-28-23-32(37(28,4)5)38(33,6)49-40)41-35(44)30(22-26-14-9-8-10-15-26)43-21-20-39(25(2)3,36(43)45)42-50(46,47)31-19-13-17-27-16-11-12-18-29(27)31/h11-13,16-19,25-26,28,30,32-34,42H,7-10,14-15,20-24H2,1-6H3,(H,41,44)/t28-,30-,32-,33?,34+,38+,39?/m1/s1. The number of likely N-dealkylation sites (tertiary alicyclic amines) is 1. The Morgan fingerprint density at radius 1 is 1.04 bits per heavy atom. The maximum Gasteiger partial charge on any atom is 0.481 e. The van der Waals surface area contributed by atoms with Crippen molar-refractivity contribution in [2.45, 2.75) is 140 Å². The van der Waals surface area contributed by atoms with Crippen molar-refractivity contribution in [2.24, 2.45) is 29.1 Å². The highest BCUT2D eigenvalue weighted by Gasteiger charge is 2.68. The Hall–Kier alpha value is -2.47. The van der Waals surface area contributed by atoms with Crippen LogP contribution in [0.1, 0.15) is 106 Å². The van der Waals surface area contributed by atoms with E-state index in [9.17, 15) is 18.0 Å². The zero-order valence-electron chi connectivity index (χ0n) is 30.7. The normalized spacial score (nSPS) is 32.2. The highest BCUT2D eigenvalue weighted by atomic mass is 32.2. The highest BCUT2D eigenvalue weighted by Crippen LogP contribution is 2.65. The Kier molecular flexibility index (Phi) is 9.47. The summed E-state index contributed by atoms with van der Waals surface area (Å²) in [7, 11) is -4.65. The number of benzene rings is 2. The van der Waals surface area contributed by atoms with E-state index in [1.165, 1.54) is 6.42 Å². The second-order valence-corrected chi connectivity index (χ2v) is 18.7. The Labute approximate surface area is 299 Å². The predicted octanol–water partition coefficient (Wildman–Crippen LogP) is 6.25. The predicted molar refractivity (Wildman–Crippen MR) is 195 cm³/mol. The number of hydrogen-bond donors (Lipinski definition) is 2. The summed E-state index contributed by atoms with van der Waals surface area (Å²) in [6.45, 7) is 13.0.